The second-order valence-electron chi connectivity index (χ2n) is 5.52. The van der Waals surface area contributed by atoms with Crippen LogP contribution in [0.1, 0.15) is 43.7 Å². The first-order chi connectivity index (χ1) is 8.80. The van der Waals surface area contributed by atoms with Crippen molar-refractivity contribution in [3.63, 3.8) is 0 Å². The fraction of sp³-hybridized carbons (Fsp3) is 0.462. The molecule has 1 aliphatic rings. The number of nitrogens with zero attached hydrogens (tertiary/aromatic N) is 2. The molecule has 19 heavy (non-hydrogen) atoms. The van der Waals surface area contributed by atoms with Crippen LogP contribution in [0, 0.1) is 11.3 Å². The van der Waals surface area contributed by atoms with Crippen LogP contribution in [0.5, 0.6) is 0 Å². The quantitative estimate of drug-likeness (QED) is 0.586. The number of carbonyl (C=O) groups is 1. The predicted molar refractivity (Wildman–Crippen MR) is 70.1 cm³/mol. The van der Waals surface area contributed by atoms with Gasteiger partial charge in [-0.25, -0.2) is 4.98 Å². The van der Waals surface area contributed by atoms with Gasteiger partial charge in [0.1, 0.15) is 11.8 Å². The molecule has 0 spiro atoms. The van der Waals surface area contributed by atoms with Crippen LogP contribution in [0.2, 0.25) is 0 Å². The van der Waals surface area contributed by atoms with Crippen molar-refractivity contribution in [1.29, 1.82) is 5.26 Å². The van der Waals surface area contributed by atoms with E-state index in [-0.39, 0.29) is 5.69 Å². The lowest BCUT2D eigenvalue weighted by atomic mass is 9.77. The summed E-state index contributed by atoms with van der Waals surface area (Å²) in [5, 5.41) is 9.09. The maximum atomic E-state index is 10.8. The summed E-state index contributed by atoms with van der Waals surface area (Å²) in [4.78, 5) is 14.8. The van der Waals surface area contributed by atoms with Crippen LogP contribution in [-0.4, -0.2) is 29.6 Å². The molecule has 1 saturated heterocycles. The Kier molecular flexibility index (Phi) is 3.21. The van der Waals surface area contributed by atoms with Crippen molar-refractivity contribution in [2.75, 3.05) is 0 Å². The van der Waals surface area contributed by atoms with Gasteiger partial charge in [0.15, 0.2) is 6.29 Å². The molecule has 0 unspecified atom stereocenters. The molecule has 0 amide bonds. The van der Waals surface area contributed by atoms with Gasteiger partial charge in [0, 0.05) is 17.2 Å². The van der Waals surface area contributed by atoms with Crippen molar-refractivity contribution in [2.45, 2.75) is 38.9 Å². The van der Waals surface area contributed by atoms with Crippen molar-refractivity contribution in [2.24, 2.45) is 0 Å². The van der Waals surface area contributed by atoms with Crippen LogP contribution in [0.3, 0.4) is 0 Å². The summed E-state index contributed by atoms with van der Waals surface area (Å²) in [5.41, 5.74) is 0.0990. The van der Waals surface area contributed by atoms with E-state index in [4.69, 9.17) is 14.6 Å². The highest BCUT2D eigenvalue weighted by Crippen LogP contribution is 2.36. The van der Waals surface area contributed by atoms with E-state index in [2.05, 4.69) is 4.98 Å². The Morgan fingerprint density at radius 2 is 1.89 bits per heavy atom. The minimum absolute atomic E-state index is 0.212. The first-order valence-electron chi connectivity index (χ1n) is 6.01. The summed E-state index contributed by atoms with van der Waals surface area (Å²) in [6, 6.07) is 3.58. The Labute approximate surface area is 112 Å². The van der Waals surface area contributed by atoms with Crippen molar-refractivity contribution in [3.8, 4) is 6.07 Å². The molecule has 0 bridgehead atoms. The van der Waals surface area contributed by atoms with Gasteiger partial charge >= 0.3 is 7.12 Å². The highest BCUT2D eigenvalue weighted by atomic mass is 16.7. The Morgan fingerprint density at radius 3 is 2.37 bits per heavy atom. The second-order valence-corrected chi connectivity index (χ2v) is 5.52. The number of carbonyl (C=O) groups excluding carboxylic acids is 1. The van der Waals surface area contributed by atoms with Crippen LogP contribution in [-0.2, 0) is 9.31 Å². The van der Waals surface area contributed by atoms with E-state index in [0.717, 1.165) is 0 Å². The Morgan fingerprint density at radius 1 is 1.32 bits per heavy atom. The number of aldehydes is 1. The molecule has 98 valence electrons. The number of aromatic nitrogens is 1. The van der Waals surface area contributed by atoms with Crippen molar-refractivity contribution in [3.05, 3.63) is 23.5 Å². The maximum absolute atomic E-state index is 10.8. The molecule has 1 aromatic rings. The third kappa shape index (κ3) is 2.27. The maximum Gasteiger partial charge on any atom is 0.497 e. The van der Waals surface area contributed by atoms with Gasteiger partial charge in [-0.15, -0.1) is 0 Å². The van der Waals surface area contributed by atoms with E-state index < -0.39 is 18.3 Å². The first-order valence-corrected chi connectivity index (χ1v) is 6.01. The van der Waals surface area contributed by atoms with Gasteiger partial charge in [-0.1, -0.05) is 0 Å². The summed E-state index contributed by atoms with van der Waals surface area (Å²) >= 11 is 0. The zero-order chi connectivity index (χ0) is 14.3. The molecule has 1 fully saturated rings. The van der Waals surface area contributed by atoms with Crippen molar-refractivity contribution >= 4 is 18.9 Å². The molecule has 6 heteroatoms. The van der Waals surface area contributed by atoms with Gasteiger partial charge < -0.3 is 9.31 Å². The predicted octanol–water partition coefficient (Wildman–Crippen LogP) is 1.06. The summed E-state index contributed by atoms with van der Waals surface area (Å²) in [7, 11) is -0.688. The monoisotopic (exact) mass is 258 g/mol. The van der Waals surface area contributed by atoms with Gasteiger partial charge in [-0.05, 0) is 33.8 Å². The zero-order valence-electron chi connectivity index (χ0n) is 11.4. The Hall–Kier alpha value is -1.71. The molecule has 1 aromatic heterocycles. The average Bonchev–Trinajstić information content (AvgIpc) is 2.57. The van der Waals surface area contributed by atoms with E-state index in [1.807, 2.05) is 33.8 Å². The lowest BCUT2D eigenvalue weighted by Crippen LogP contribution is -2.41. The standard InChI is InChI=1S/C13H15BN2O3/c1-12(2)13(3,4)19-14(18-12)10-5-9(8-17)7-16-11(10)6-15/h5,7-8H,1-4H3. The van der Waals surface area contributed by atoms with E-state index >= 15 is 0 Å². The van der Waals surface area contributed by atoms with Crippen LogP contribution in [0.15, 0.2) is 12.3 Å². The average molecular weight is 258 g/mol. The molecular formula is C13H15BN2O3. The number of nitriles is 1. The highest BCUT2D eigenvalue weighted by molar-refractivity contribution is 6.62. The summed E-state index contributed by atoms with van der Waals surface area (Å²) in [6.07, 6.45) is 2.04. The number of hydrogen-bond acceptors (Lipinski definition) is 5. The van der Waals surface area contributed by atoms with E-state index in [0.29, 0.717) is 17.3 Å². The minimum atomic E-state index is -0.688. The Balaban J connectivity index is 2.44. The summed E-state index contributed by atoms with van der Waals surface area (Å²) in [5.74, 6) is 0. The molecule has 0 radical (unpaired) electrons. The van der Waals surface area contributed by atoms with E-state index in [1.54, 1.807) is 6.07 Å². The zero-order valence-corrected chi connectivity index (χ0v) is 11.4. The molecule has 0 aliphatic carbocycles. The molecule has 0 saturated carbocycles. The largest absolute Gasteiger partial charge is 0.497 e. The van der Waals surface area contributed by atoms with Crippen LogP contribution >= 0.6 is 0 Å². The fourth-order valence-corrected chi connectivity index (χ4v) is 1.81. The highest BCUT2D eigenvalue weighted by Gasteiger charge is 2.52. The Bertz CT molecular complexity index is 547. The number of rotatable bonds is 2. The first kappa shape index (κ1) is 13.7. The van der Waals surface area contributed by atoms with Gasteiger partial charge in [0.25, 0.3) is 0 Å². The molecule has 0 N–H and O–H groups in total. The normalized spacial score (nSPS) is 20.1. The second kappa shape index (κ2) is 4.44. The van der Waals surface area contributed by atoms with Crippen LogP contribution in [0.25, 0.3) is 0 Å². The third-order valence-corrected chi connectivity index (χ3v) is 3.69. The smallest absolute Gasteiger partial charge is 0.399 e. The number of pyridine rings is 1. The third-order valence-electron chi connectivity index (χ3n) is 3.69. The molecule has 2 heterocycles. The molecular weight excluding hydrogens is 243 g/mol. The van der Waals surface area contributed by atoms with Gasteiger partial charge in [0.2, 0.25) is 0 Å². The lowest BCUT2D eigenvalue weighted by Gasteiger charge is -2.32. The van der Waals surface area contributed by atoms with Crippen molar-refractivity contribution in [1.82, 2.24) is 4.98 Å². The lowest BCUT2D eigenvalue weighted by molar-refractivity contribution is 0.00578. The summed E-state index contributed by atoms with van der Waals surface area (Å²) < 4.78 is 11.7. The van der Waals surface area contributed by atoms with E-state index in [1.165, 1.54) is 6.20 Å². The van der Waals surface area contributed by atoms with Gasteiger partial charge in [-0.2, -0.15) is 5.26 Å². The minimum Gasteiger partial charge on any atom is -0.399 e. The van der Waals surface area contributed by atoms with Crippen LogP contribution in [0.4, 0.5) is 0 Å². The molecule has 0 atom stereocenters. The molecule has 1 aliphatic heterocycles. The topological polar surface area (TPSA) is 72.2 Å². The number of hydrogen-bond donors (Lipinski definition) is 0. The van der Waals surface area contributed by atoms with Gasteiger partial charge in [-0.3, -0.25) is 4.79 Å². The van der Waals surface area contributed by atoms with E-state index in [9.17, 15) is 4.79 Å². The van der Waals surface area contributed by atoms with Gasteiger partial charge in [0.05, 0.1) is 11.2 Å². The van der Waals surface area contributed by atoms with Crippen molar-refractivity contribution < 1.29 is 14.1 Å². The summed E-state index contributed by atoms with van der Waals surface area (Å²) in [6.45, 7) is 7.71. The van der Waals surface area contributed by atoms with Crippen LogP contribution < -0.4 is 5.46 Å². The fourth-order valence-electron chi connectivity index (χ4n) is 1.81. The SMILES string of the molecule is CC1(C)OB(c2cc(C=O)cnc2C#N)OC1(C)C. The molecule has 2 rings (SSSR count). The molecule has 5 nitrogen and oxygen atoms in total. The molecule has 0 aromatic carbocycles.